The number of anilines is 3. The van der Waals surface area contributed by atoms with Crippen LogP contribution in [0.25, 0.3) is 33.9 Å². The molecular weight excluding hydrogens is 857 g/mol. The maximum absolute atomic E-state index is 13.4. The number of nitro benzene ring substituents is 3. The average molecular weight is 879 g/mol. The molecule has 20 heteroatoms. The summed E-state index contributed by atoms with van der Waals surface area (Å²) in [6.07, 6.45) is 0. The van der Waals surface area contributed by atoms with Crippen molar-refractivity contribution in [1.82, 2.24) is 9.97 Å². The first-order valence-electron chi connectivity index (χ1n) is 19.4. The molecule has 7 aromatic rings. The fourth-order valence-electron chi connectivity index (χ4n) is 7.92. The second kappa shape index (κ2) is 14.8. The van der Waals surface area contributed by atoms with Crippen molar-refractivity contribution in [2.45, 2.75) is 0 Å². The minimum Gasteiger partial charge on any atom is -0.268 e. The van der Waals surface area contributed by atoms with E-state index in [4.69, 9.17) is 9.97 Å². The van der Waals surface area contributed by atoms with Crippen LogP contribution in [-0.4, -0.2) is 60.2 Å². The SMILES string of the molecule is O=C1c2ccc([N+](=O)[O-])cc2C(=O)N1c1ccc(-c2cc(-c3ccc(N4C(=O)c5ccc([N+](=O)[O-])cc5C4=O)cc3)nc(-c3ccc(N4C(=O)c5ccc([N+](=O)[O-])cc5C4=O)cc3)n2)cc1. The summed E-state index contributed by atoms with van der Waals surface area (Å²) in [4.78, 5) is 124. The van der Waals surface area contributed by atoms with Crippen LogP contribution in [0, 0.1) is 30.3 Å². The largest absolute Gasteiger partial charge is 0.270 e. The number of nitrogens with zero attached hydrogens (tertiary/aromatic N) is 8. The highest BCUT2D eigenvalue weighted by atomic mass is 16.6. The van der Waals surface area contributed by atoms with E-state index >= 15 is 0 Å². The molecule has 0 radical (unpaired) electrons. The summed E-state index contributed by atoms with van der Waals surface area (Å²) >= 11 is 0. The smallest absolute Gasteiger partial charge is 0.268 e. The number of fused-ring (bicyclic) bond motifs is 3. The van der Waals surface area contributed by atoms with E-state index in [1.807, 2.05) is 0 Å². The van der Waals surface area contributed by atoms with Gasteiger partial charge in [0, 0.05) is 53.1 Å². The number of imide groups is 3. The number of rotatable bonds is 9. The third-order valence-corrected chi connectivity index (χ3v) is 11.2. The van der Waals surface area contributed by atoms with Gasteiger partial charge in [0.2, 0.25) is 0 Å². The predicted molar refractivity (Wildman–Crippen MR) is 231 cm³/mol. The number of carbonyl (C=O) groups is 6. The van der Waals surface area contributed by atoms with Crippen LogP contribution in [0.15, 0.2) is 133 Å². The fourth-order valence-corrected chi connectivity index (χ4v) is 7.92. The molecule has 0 saturated carbocycles. The van der Waals surface area contributed by atoms with Crippen LogP contribution >= 0.6 is 0 Å². The Morgan fingerprint density at radius 1 is 0.333 bits per heavy atom. The fraction of sp³-hybridized carbons (Fsp3) is 0. The lowest BCUT2D eigenvalue weighted by atomic mass is 10.1. The lowest BCUT2D eigenvalue weighted by Crippen LogP contribution is -2.29. The number of hydrogen-bond donors (Lipinski definition) is 0. The molecule has 0 fully saturated rings. The lowest BCUT2D eigenvalue weighted by molar-refractivity contribution is -0.385. The van der Waals surface area contributed by atoms with Crippen molar-refractivity contribution < 1.29 is 43.5 Å². The maximum Gasteiger partial charge on any atom is 0.270 e. The molecule has 10 rings (SSSR count). The molecule has 3 aliphatic rings. The molecule has 0 aliphatic carbocycles. The number of nitro groups is 3. The van der Waals surface area contributed by atoms with Gasteiger partial charge >= 0.3 is 0 Å². The number of non-ortho nitro benzene ring substituents is 3. The summed E-state index contributed by atoms with van der Waals surface area (Å²) in [7, 11) is 0. The van der Waals surface area contributed by atoms with E-state index in [0.717, 1.165) is 51.1 Å². The Bertz CT molecular complexity index is 3060. The molecular formula is C46H22N8O12. The minimum atomic E-state index is -0.746. The topological polar surface area (TPSA) is 267 Å². The Labute approximate surface area is 368 Å². The summed E-state index contributed by atoms with van der Waals surface area (Å²) in [6.45, 7) is 0. The highest BCUT2D eigenvalue weighted by Crippen LogP contribution is 2.37. The van der Waals surface area contributed by atoms with Crippen molar-refractivity contribution in [3.05, 3.63) is 197 Å². The summed E-state index contributed by atoms with van der Waals surface area (Å²) in [5.41, 5.74) is 1.26. The zero-order chi connectivity index (χ0) is 46.3. The van der Waals surface area contributed by atoms with Gasteiger partial charge in [-0.1, -0.05) is 24.3 Å². The van der Waals surface area contributed by atoms with Gasteiger partial charge in [0.05, 0.1) is 76.6 Å². The first-order valence-corrected chi connectivity index (χ1v) is 19.4. The first-order chi connectivity index (χ1) is 31.7. The van der Waals surface area contributed by atoms with E-state index in [-0.39, 0.29) is 73.3 Å². The Balaban J connectivity index is 0.997. The van der Waals surface area contributed by atoms with E-state index in [1.165, 1.54) is 54.6 Å². The minimum absolute atomic E-state index is 0.00587. The molecule has 0 unspecified atom stereocenters. The summed E-state index contributed by atoms with van der Waals surface area (Å²) in [5.74, 6) is -4.07. The summed E-state index contributed by atoms with van der Waals surface area (Å²) in [6, 6.07) is 30.4. The Hall–Kier alpha value is -9.98. The molecule has 1 aromatic heterocycles. The molecule has 0 spiro atoms. The van der Waals surface area contributed by atoms with E-state index in [0.29, 0.717) is 28.1 Å². The second-order valence-corrected chi connectivity index (χ2v) is 14.9. The van der Waals surface area contributed by atoms with Gasteiger partial charge in [-0.2, -0.15) is 0 Å². The molecule has 0 N–H and O–H groups in total. The van der Waals surface area contributed by atoms with Crippen LogP contribution in [0.2, 0.25) is 0 Å². The van der Waals surface area contributed by atoms with Gasteiger partial charge in [0.25, 0.3) is 52.5 Å². The molecule has 6 aromatic carbocycles. The normalized spacial score (nSPS) is 13.9. The Kier molecular flexibility index (Phi) is 9.02. The summed E-state index contributed by atoms with van der Waals surface area (Å²) < 4.78 is 0. The maximum atomic E-state index is 13.4. The summed E-state index contributed by atoms with van der Waals surface area (Å²) in [5, 5.41) is 34.1. The number of benzene rings is 6. The molecule has 0 saturated heterocycles. The molecule has 3 aliphatic heterocycles. The van der Waals surface area contributed by atoms with E-state index in [1.54, 1.807) is 42.5 Å². The zero-order valence-corrected chi connectivity index (χ0v) is 33.2. The van der Waals surface area contributed by atoms with Gasteiger partial charge in [-0.05, 0) is 72.8 Å². The second-order valence-electron chi connectivity index (χ2n) is 14.9. The quantitative estimate of drug-likeness (QED) is 0.0767. The zero-order valence-electron chi connectivity index (χ0n) is 33.2. The number of aromatic nitrogens is 2. The van der Waals surface area contributed by atoms with Crippen molar-refractivity contribution in [3.8, 4) is 33.9 Å². The van der Waals surface area contributed by atoms with E-state index in [9.17, 15) is 59.1 Å². The van der Waals surface area contributed by atoms with Gasteiger partial charge in [0.1, 0.15) is 0 Å². The molecule has 4 heterocycles. The van der Waals surface area contributed by atoms with Gasteiger partial charge in [-0.15, -0.1) is 0 Å². The Morgan fingerprint density at radius 3 is 0.894 bits per heavy atom. The van der Waals surface area contributed by atoms with Gasteiger partial charge in [0.15, 0.2) is 5.82 Å². The van der Waals surface area contributed by atoms with Gasteiger partial charge < -0.3 is 0 Å². The van der Waals surface area contributed by atoms with Crippen LogP contribution in [0.5, 0.6) is 0 Å². The highest BCUT2D eigenvalue weighted by Gasteiger charge is 2.40. The van der Waals surface area contributed by atoms with Gasteiger partial charge in [-0.3, -0.25) is 59.1 Å². The van der Waals surface area contributed by atoms with Gasteiger partial charge in [-0.25, -0.2) is 24.7 Å². The van der Waals surface area contributed by atoms with Crippen LogP contribution in [0.4, 0.5) is 34.1 Å². The number of hydrogen-bond acceptors (Lipinski definition) is 14. The van der Waals surface area contributed by atoms with Crippen LogP contribution in [0.1, 0.15) is 62.1 Å². The van der Waals surface area contributed by atoms with Crippen molar-refractivity contribution in [2.75, 3.05) is 14.7 Å². The lowest BCUT2D eigenvalue weighted by Gasteiger charge is -2.16. The van der Waals surface area contributed by atoms with Crippen molar-refractivity contribution in [1.29, 1.82) is 0 Å². The van der Waals surface area contributed by atoms with Crippen LogP contribution < -0.4 is 14.7 Å². The predicted octanol–water partition coefficient (Wildman–Crippen LogP) is 7.60. The molecule has 0 atom stereocenters. The average Bonchev–Trinajstić information content (AvgIpc) is 3.85. The first kappa shape index (κ1) is 40.1. The van der Waals surface area contributed by atoms with E-state index in [2.05, 4.69) is 0 Å². The van der Waals surface area contributed by atoms with Crippen LogP contribution in [0.3, 0.4) is 0 Å². The third-order valence-electron chi connectivity index (χ3n) is 11.2. The molecule has 66 heavy (non-hydrogen) atoms. The van der Waals surface area contributed by atoms with Crippen molar-refractivity contribution in [3.63, 3.8) is 0 Å². The van der Waals surface area contributed by atoms with E-state index < -0.39 is 50.2 Å². The standard InChI is InChI=1S/C46H22N8O12/c55-41-32-16-13-29(52(61)62)19-35(32)44(58)49(41)26-7-1-23(2-8-26)38-22-39(24-3-9-27(10-4-24)50-42(56)33-17-14-30(53(63)64)20-36(33)45(50)59)48-40(47-38)25-5-11-28(12-6-25)51-43(57)34-18-15-31(54(65)66)21-37(34)46(51)60/h1-22H. The molecule has 6 amide bonds. The molecule has 20 nitrogen and oxygen atoms in total. The van der Waals surface area contributed by atoms with Crippen molar-refractivity contribution >= 4 is 69.6 Å². The molecule has 0 bridgehead atoms. The highest BCUT2D eigenvalue weighted by molar-refractivity contribution is 6.36. The van der Waals surface area contributed by atoms with Crippen LogP contribution in [-0.2, 0) is 0 Å². The molecule has 318 valence electrons. The third kappa shape index (κ3) is 6.32. The van der Waals surface area contributed by atoms with Crippen molar-refractivity contribution in [2.24, 2.45) is 0 Å². The number of amides is 6. The number of carbonyl (C=O) groups excluding carboxylic acids is 6. The monoisotopic (exact) mass is 878 g/mol. The Morgan fingerprint density at radius 2 is 0.606 bits per heavy atom.